The normalized spacial score (nSPS) is 10.7. The number of nitrogens with zero attached hydrogens (tertiary/aromatic N) is 2. The van der Waals surface area contributed by atoms with Crippen molar-refractivity contribution in [3.8, 4) is 11.5 Å². The first-order valence-electron chi connectivity index (χ1n) is 5.07. The van der Waals surface area contributed by atoms with Crippen molar-refractivity contribution in [2.45, 2.75) is 6.42 Å². The van der Waals surface area contributed by atoms with Crippen molar-refractivity contribution in [2.75, 3.05) is 19.5 Å². The highest BCUT2D eigenvalue weighted by Gasteiger charge is 2.12. The number of rotatable bonds is 4. The lowest BCUT2D eigenvalue weighted by molar-refractivity contribution is 0.199. The molecule has 2 aromatic rings. The summed E-state index contributed by atoms with van der Waals surface area (Å²) in [5.74, 6) is 1.08. The number of hydrogen-bond donors (Lipinski definition) is 1. The third-order valence-corrected chi connectivity index (χ3v) is 2.91. The van der Waals surface area contributed by atoms with Crippen LogP contribution >= 0.6 is 15.9 Å². The highest BCUT2D eigenvalue weighted by atomic mass is 79.9. The second-order valence-electron chi connectivity index (χ2n) is 3.50. The van der Waals surface area contributed by atoms with E-state index in [0.29, 0.717) is 30.4 Å². The van der Waals surface area contributed by atoms with Crippen LogP contribution in [0.5, 0.6) is 0 Å². The molecule has 0 fully saturated rings. The van der Waals surface area contributed by atoms with E-state index in [0.717, 1.165) is 10.0 Å². The van der Waals surface area contributed by atoms with Crippen LogP contribution in [0.1, 0.15) is 5.82 Å². The van der Waals surface area contributed by atoms with Crippen molar-refractivity contribution < 1.29 is 9.26 Å². The molecule has 0 radical (unpaired) electrons. The molecule has 1 heterocycles. The van der Waals surface area contributed by atoms with Gasteiger partial charge in [-0.15, -0.1) is 0 Å². The van der Waals surface area contributed by atoms with E-state index in [4.69, 9.17) is 15.0 Å². The quantitative estimate of drug-likeness (QED) is 0.876. The highest BCUT2D eigenvalue weighted by Crippen LogP contribution is 2.28. The van der Waals surface area contributed by atoms with E-state index in [2.05, 4.69) is 26.1 Å². The summed E-state index contributed by atoms with van der Waals surface area (Å²) in [7, 11) is 1.63. The van der Waals surface area contributed by atoms with Crippen molar-refractivity contribution in [3.05, 3.63) is 28.5 Å². The summed E-state index contributed by atoms with van der Waals surface area (Å²) < 4.78 is 11.0. The Morgan fingerprint density at radius 3 is 3.06 bits per heavy atom. The minimum absolute atomic E-state index is 0.454. The zero-order valence-corrected chi connectivity index (χ0v) is 10.9. The van der Waals surface area contributed by atoms with Gasteiger partial charge in [-0.05, 0) is 34.1 Å². The van der Waals surface area contributed by atoms with Crippen molar-refractivity contribution >= 4 is 21.6 Å². The van der Waals surface area contributed by atoms with Gasteiger partial charge >= 0.3 is 0 Å². The van der Waals surface area contributed by atoms with Crippen LogP contribution in [0, 0.1) is 0 Å². The lowest BCUT2D eigenvalue weighted by Gasteiger charge is -1.99. The third kappa shape index (κ3) is 2.83. The maximum atomic E-state index is 5.72. The van der Waals surface area contributed by atoms with Gasteiger partial charge in [-0.25, -0.2) is 0 Å². The monoisotopic (exact) mass is 297 g/mol. The van der Waals surface area contributed by atoms with Gasteiger partial charge in [0.05, 0.1) is 12.2 Å². The van der Waals surface area contributed by atoms with Gasteiger partial charge in [-0.2, -0.15) is 4.98 Å². The maximum absolute atomic E-state index is 5.72. The molecule has 1 aromatic carbocycles. The maximum Gasteiger partial charge on any atom is 0.259 e. The van der Waals surface area contributed by atoms with Gasteiger partial charge in [0, 0.05) is 23.7 Å². The van der Waals surface area contributed by atoms with Crippen LogP contribution in [-0.4, -0.2) is 23.9 Å². The number of nitrogens with two attached hydrogens (primary N) is 1. The predicted octanol–water partition coefficient (Wildman–Crippen LogP) is 2.27. The summed E-state index contributed by atoms with van der Waals surface area (Å²) in [6.45, 7) is 0.567. The van der Waals surface area contributed by atoms with Gasteiger partial charge < -0.3 is 15.0 Å². The topological polar surface area (TPSA) is 74.2 Å². The fourth-order valence-corrected chi connectivity index (χ4v) is 1.78. The number of methoxy groups -OCH3 is 1. The first-order chi connectivity index (χ1) is 8.20. The molecule has 2 N–H and O–H groups in total. The van der Waals surface area contributed by atoms with Crippen LogP contribution in [0.4, 0.5) is 5.69 Å². The Kier molecular flexibility index (Phi) is 3.75. The van der Waals surface area contributed by atoms with E-state index < -0.39 is 0 Å². The number of nitrogen functional groups attached to an aromatic ring is 1. The summed E-state index contributed by atoms with van der Waals surface area (Å²) >= 11 is 3.42. The van der Waals surface area contributed by atoms with E-state index in [9.17, 15) is 0 Å². The van der Waals surface area contributed by atoms with Crippen LogP contribution in [0.3, 0.4) is 0 Å². The van der Waals surface area contributed by atoms with Gasteiger partial charge in [-0.3, -0.25) is 0 Å². The Bertz CT molecular complexity index is 513. The van der Waals surface area contributed by atoms with E-state index in [1.807, 2.05) is 6.07 Å². The molecular weight excluding hydrogens is 286 g/mol. The fourth-order valence-electron chi connectivity index (χ4n) is 1.37. The van der Waals surface area contributed by atoms with Crippen molar-refractivity contribution in [1.29, 1.82) is 0 Å². The summed E-state index contributed by atoms with van der Waals surface area (Å²) in [6.07, 6.45) is 0.625. The molecule has 5 nitrogen and oxygen atoms in total. The molecule has 6 heteroatoms. The lowest BCUT2D eigenvalue weighted by atomic mass is 10.2. The molecule has 0 aliphatic heterocycles. The number of aromatic nitrogens is 2. The van der Waals surface area contributed by atoms with Gasteiger partial charge in [0.2, 0.25) is 0 Å². The van der Waals surface area contributed by atoms with Crippen molar-refractivity contribution in [3.63, 3.8) is 0 Å². The Hall–Kier alpha value is -1.40. The molecule has 2 rings (SSSR count). The number of ether oxygens (including phenoxy) is 1. The van der Waals surface area contributed by atoms with Gasteiger partial charge in [-0.1, -0.05) is 5.16 Å². The zero-order valence-electron chi connectivity index (χ0n) is 9.31. The standard InChI is InChI=1S/C11H12BrN3O2/c1-16-5-4-10-14-11(17-15-10)8-6-7(13)2-3-9(8)12/h2-3,6H,4-5,13H2,1H3. The van der Waals surface area contributed by atoms with Gasteiger partial charge in [0.15, 0.2) is 5.82 Å². The first kappa shape index (κ1) is 12.1. The second-order valence-corrected chi connectivity index (χ2v) is 4.35. The Morgan fingerprint density at radius 1 is 1.47 bits per heavy atom. The molecule has 0 bridgehead atoms. The lowest BCUT2D eigenvalue weighted by Crippen LogP contribution is -1.96. The summed E-state index contributed by atoms with van der Waals surface area (Å²) in [6, 6.07) is 5.44. The van der Waals surface area contributed by atoms with Crippen molar-refractivity contribution in [1.82, 2.24) is 10.1 Å². The Labute approximate surface area is 107 Å². The molecule has 0 saturated heterocycles. The second kappa shape index (κ2) is 5.29. The summed E-state index contributed by atoms with van der Waals surface area (Å²) in [5.41, 5.74) is 7.17. The Morgan fingerprint density at radius 2 is 2.29 bits per heavy atom. The van der Waals surface area contributed by atoms with Crippen LogP contribution in [0.25, 0.3) is 11.5 Å². The smallest absolute Gasteiger partial charge is 0.259 e. The van der Waals surface area contributed by atoms with Crippen LogP contribution in [-0.2, 0) is 11.2 Å². The van der Waals surface area contributed by atoms with Crippen LogP contribution in [0.15, 0.2) is 27.2 Å². The van der Waals surface area contributed by atoms with Gasteiger partial charge in [0.1, 0.15) is 0 Å². The third-order valence-electron chi connectivity index (χ3n) is 2.22. The van der Waals surface area contributed by atoms with Crippen LogP contribution in [0.2, 0.25) is 0 Å². The van der Waals surface area contributed by atoms with Crippen molar-refractivity contribution in [2.24, 2.45) is 0 Å². The SMILES string of the molecule is COCCc1noc(-c2cc(N)ccc2Br)n1. The molecule has 0 aliphatic carbocycles. The molecule has 0 amide bonds. The van der Waals surface area contributed by atoms with E-state index in [-0.39, 0.29) is 0 Å². The molecule has 0 unspecified atom stereocenters. The largest absolute Gasteiger partial charge is 0.399 e. The number of halogens is 1. The minimum Gasteiger partial charge on any atom is -0.399 e. The molecule has 0 atom stereocenters. The van der Waals surface area contributed by atoms with Gasteiger partial charge in [0.25, 0.3) is 5.89 Å². The first-order valence-corrected chi connectivity index (χ1v) is 5.87. The molecule has 1 aromatic heterocycles. The molecular formula is C11H12BrN3O2. The molecule has 0 spiro atoms. The molecule has 0 saturated carbocycles. The van der Waals surface area contributed by atoms with E-state index in [1.165, 1.54) is 0 Å². The minimum atomic E-state index is 0.454. The molecule has 0 aliphatic rings. The zero-order chi connectivity index (χ0) is 12.3. The summed E-state index contributed by atoms with van der Waals surface area (Å²) in [5, 5.41) is 3.87. The Balaban J connectivity index is 2.27. The molecule has 90 valence electrons. The van der Waals surface area contributed by atoms with E-state index >= 15 is 0 Å². The highest BCUT2D eigenvalue weighted by molar-refractivity contribution is 9.10. The van der Waals surface area contributed by atoms with E-state index in [1.54, 1.807) is 19.2 Å². The fraction of sp³-hybridized carbons (Fsp3) is 0.273. The number of benzene rings is 1. The molecule has 17 heavy (non-hydrogen) atoms. The average Bonchev–Trinajstić information content (AvgIpc) is 2.78. The average molecular weight is 298 g/mol. The predicted molar refractivity (Wildman–Crippen MR) is 67.4 cm³/mol. The summed E-state index contributed by atoms with van der Waals surface area (Å²) in [4.78, 5) is 4.28. The number of hydrogen-bond acceptors (Lipinski definition) is 5. The van der Waals surface area contributed by atoms with Crippen LogP contribution < -0.4 is 5.73 Å². The number of anilines is 1.